The van der Waals surface area contributed by atoms with Crippen LogP contribution in [0.25, 0.3) is 0 Å². The predicted molar refractivity (Wildman–Crippen MR) is 120 cm³/mol. The van der Waals surface area contributed by atoms with Crippen LogP contribution in [0.1, 0.15) is 142 Å². The molecule has 1 nitrogen and oxygen atoms in total. The molecule has 0 aromatic heterocycles. The molecule has 153 valence electrons. The smallest absolute Gasteiger partial charge is 0.0466 e. The minimum atomic E-state index is 0. The zero-order valence-electron chi connectivity index (χ0n) is 19.0. The van der Waals surface area contributed by atoms with Crippen molar-refractivity contribution in [1.29, 1.82) is 0 Å². The third-order valence-electron chi connectivity index (χ3n) is 5.28. The molecule has 0 bridgehead atoms. The Bertz CT molecular complexity index is 198. The maximum absolute atomic E-state index is 5.77. The van der Waals surface area contributed by atoms with E-state index in [1.165, 1.54) is 128 Å². The van der Waals surface area contributed by atoms with Gasteiger partial charge < -0.3 is 4.74 Å². The van der Waals surface area contributed by atoms with Crippen LogP contribution in [0.5, 0.6) is 0 Å². The first-order valence-electron chi connectivity index (χ1n) is 12.0. The van der Waals surface area contributed by atoms with Gasteiger partial charge in [0.2, 0.25) is 0 Å². The van der Waals surface area contributed by atoms with Gasteiger partial charge in [0.1, 0.15) is 0 Å². The molecule has 0 aliphatic heterocycles. The zero-order valence-corrected chi connectivity index (χ0v) is 21.0. The van der Waals surface area contributed by atoms with Gasteiger partial charge in [0.15, 0.2) is 0 Å². The minimum absolute atomic E-state index is 0. The Labute approximate surface area is 189 Å². The quantitative estimate of drug-likeness (QED) is 0.136. The van der Waals surface area contributed by atoms with Crippen molar-refractivity contribution in [3.8, 4) is 0 Å². The van der Waals surface area contributed by atoms with Crippen molar-refractivity contribution in [3.63, 3.8) is 0 Å². The summed E-state index contributed by atoms with van der Waals surface area (Å²) in [7, 11) is 0. The number of ether oxygens (including phenoxy) is 1. The molecule has 0 aliphatic carbocycles. The Morgan fingerprint density at radius 1 is 0.346 bits per heavy atom. The van der Waals surface area contributed by atoms with Gasteiger partial charge in [-0.15, -0.1) is 0 Å². The number of hydrogen-bond acceptors (Lipinski definition) is 1. The van der Waals surface area contributed by atoms with Crippen molar-refractivity contribution >= 4 is 29.6 Å². The zero-order chi connectivity index (χ0) is 18.3. The molecule has 0 saturated carbocycles. The average Bonchev–Trinajstić information content (AvgIpc) is 2.63. The summed E-state index contributed by atoms with van der Waals surface area (Å²) < 4.78 is 5.77. The molecule has 0 aliphatic rings. The summed E-state index contributed by atoms with van der Waals surface area (Å²) in [5.74, 6) is 0. The van der Waals surface area contributed by atoms with Crippen molar-refractivity contribution in [2.24, 2.45) is 0 Å². The summed E-state index contributed by atoms with van der Waals surface area (Å²) in [6, 6.07) is 0. The first-order valence-corrected chi connectivity index (χ1v) is 12.0. The fraction of sp³-hybridized carbons (Fsp3) is 1.00. The molecule has 0 fully saturated rings. The molecule has 0 rings (SSSR count). The molecular formula is C24H50NaO. The summed E-state index contributed by atoms with van der Waals surface area (Å²) in [6.45, 7) is 6.57. The van der Waals surface area contributed by atoms with Gasteiger partial charge in [-0.25, -0.2) is 0 Å². The monoisotopic (exact) mass is 377 g/mol. The van der Waals surface area contributed by atoms with E-state index >= 15 is 0 Å². The van der Waals surface area contributed by atoms with Crippen LogP contribution in [0.2, 0.25) is 0 Å². The Morgan fingerprint density at radius 3 is 0.846 bits per heavy atom. The molecule has 0 atom stereocenters. The molecule has 0 saturated heterocycles. The Balaban J connectivity index is 0. The van der Waals surface area contributed by atoms with Crippen molar-refractivity contribution in [1.82, 2.24) is 0 Å². The van der Waals surface area contributed by atoms with E-state index in [9.17, 15) is 0 Å². The van der Waals surface area contributed by atoms with Crippen LogP contribution in [0.15, 0.2) is 0 Å². The third-order valence-corrected chi connectivity index (χ3v) is 5.28. The first-order chi connectivity index (χ1) is 12.4. The average molecular weight is 378 g/mol. The second-order valence-corrected chi connectivity index (χ2v) is 7.98. The Morgan fingerprint density at radius 2 is 0.577 bits per heavy atom. The predicted octanol–water partition coefficient (Wildman–Crippen LogP) is 8.46. The molecule has 1 radical (unpaired) electrons. The fourth-order valence-corrected chi connectivity index (χ4v) is 3.49. The second-order valence-electron chi connectivity index (χ2n) is 7.98. The first kappa shape index (κ1) is 29.2. The standard InChI is InChI=1S/C24H50O.Na/c1-3-5-7-9-11-13-14-15-16-18-20-22-24-25-23-21-19-17-12-10-8-6-4-2;/h3-24H2,1-2H3;. The van der Waals surface area contributed by atoms with Gasteiger partial charge in [0.05, 0.1) is 0 Å². The molecule has 0 amide bonds. The molecule has 0 unspecified atom stereocenters. The maximum atomic E-state index is 5.77. The van der Waals surface area contributed by atoms with Crippen LogP contribution in [0, 0.1) is 0 Å². The van der Waals surface area contributed by atoms with Gasteiger partial charge in [-0.1, -0.05) is 129 Å². The minimum Gasteiger partial charge on any atom is -0.381 e. The molecular weight excluding hydrogens is 327 g/mol. The van der Waals surface area contributed by atoms with Crippen molar-refractivity contribution in [3.05, 3.63) is 0 Å². The van der Waals surface area contributed by atoms with E-state index in [0.717, 1.165) is 13.2 Å². The summed E-state index contributed by atoms with van der Waals surface area (Å²) in [4.78, 5) is 0. The largest absolute Gasteiger partial charge is 0.381 e. The SMILES string of the molecule is CCCCCCCCCCCCCCOCCCCCCCCCC.[Na]. The van der Waals surface area contributed by atoms with E-state index in [1.807, 2.05) is 0 Å². The molecule has 0 aromatic rings. The number of hydrogen-bond donors (Lipinski definition) is 0. The topological polar surface area (TPSA) is 9.23 Å². The summed E-state index contributed by atoms with van der Waals surface area (Å²) in [5, 5.41) is 0. The van der Waals surface area contributed by atoms with Crippen LogP contribution in [0.4, 0.5) is 0 Å². The normalized spacial score (nSPS) is 10.8. The van der Waals surface area contributed by atoms with E-state index in [2.05, 4.69) is 13.8 Å². The van der Waals surface area contributed by atoms with Crippen LogP contribution in [-0.4, -0.2) is 42.8 Å². The van der Waals surface area contributed by atoms with Gasteiger partial charge in [0, 0.05) is 42.8 Å². The van der Waals surface area contributed by atoms with Gasteiger partial charge in [0.25, 0.3) is 0 Å². The molecule has 0 spiro atoms. The summed E-state index contributed by atoms with van der Waals surface area (Å²) >= 11 is 0. The van der Waals surface area contributed by atoms with Crippen molar-refractivity contribution < 1.29 is 4.74 Å². The van der Waals surface area contributed by atoms with Crippen molar-refractivity contribution in [2.45, 2.75) is 142 Å². The van der Waals surface area contributed by atoms with Crippen molar-refractivity contribution in [2.75, 3.05) is 13.2 Å². The van der Waals surface area contributed by atoms with E-state index < -0.39 is 0 Å². The van der Waals surface area contributed by atoms with Gasteiger partial charge in [-0.3, -0.25) is 0 Å². The summed E-state index contributed by atoms with van der Waals surface area (Å²) in [6.07, 6.45) is 28.2. The van der Waals surface area contributed by atoms with Gasteiger partial charge in [-0.05, 0) is 12.8 Å². The second kappa shape index (κ2) is 28.2. The Kier molecular flexibility index (Phi) is 31.6. The van der Waals surface area contributed by atoms with Crippen LogP contribution >= 0.6 is 0 Å². The maximum Gasteiger partial charge on any atom is 0.0466 e. The third kappa shape index (κ3) is 27.2. The number of unbranched alkanes of at least 4 members (excludes halogenated alkanes) is 18. The molecule has 0 N–H and O–H groups in total. The van der Waals surface area contributed by atoms with Crippen LogP contribution < -0.4 is 0 Å². The van der Waals surface area contributed by atoms with Gasteiger partial charge >= 0.3 is 0 Å². The van der Waals surface area contributed by atoms with E-state index in [0.29, 0.717) is 0 Å². The molecule has 0 aromatic carbocycles. The van der Waals surface area contributed by atoms with E-state index in [1.54, 1.807) is 0 Å². The summed E-state index contributed by atoms with van der Waals surface area (Å²) in [5.41, 5.74) is 0. The van der Waals surface area contributed by atoms with E-state index in [-0.39, 0.29) is 29.6 Å². The van der Waals surface area contributed by atoms with Crippen LogP contribution in [0.3, 0.4) is 0 Å². The van der Waals surface area contributed by atoms with Gasteiger partial charge in [-0.2, -0.15) is 0 Å². The molecule has 0 heterocycles. The molecule has 26 heavy (non-hydrogen) atoms. The van der Waals surface area contributed by atoms with Crippen LogP contribution in [-0.2, 0) is 4.74 Å². The number of rotatable bonds is 22. The Hall–Kier alpha value is 0.960. The molecule has 2 heteroatoms. The van der Waals surface area contributed by atoms with E-state index in [4.69, 9.17) is 4.74 Å². The fourth-order valence-electron chi connectivity index (χ4n) is 3.49.